The van der Waals surface area contributed by atoms with Crippen LogP contribution in [0.3, 0.4) is 0 Å². The van der Waals surface area contributed by atoms with Gasteiger partial charge in [-0.2, -0.15) is 0 Å². The van der Waals surface area contributed by atoms with Crippen LogP contribution in [0.15, 0.2) is 42.5 Å². The molecule has 0 spiro atoms. The SMILES string of the molecule is COCc1cccc(NC(C)c2ccc(C)c(C)c2)c1. The summed E-state index contributed by atoms with van der Waals surface area (Å²) in [5, 5.41) is 3.55. The lowest BCUT2D eigenvalue weighted by atomic mass is 10.0. The van der Waals surface area contributed by atoms with E-state index in [0.717, 1.165) is 5.69 Å². The molecular formula is C18H23NO. The van der Waals surface area contributed by atoms with Crippen LogP contribution in [0.25, 0.3) is 0 Å². The Hall–Kier alpha value is -1.80. The van der Waals surface area contributed by atoms with Crippen molar-refractivity contribution in [3.8, 4) is 0 Å². The van der Waals surface area contributed by atoms with Gasteiger partial charge in [-0.05, 0) is 55.2 Å². The lowest BCUT2D eigenvalue weighted by molar-refractivity contribution is 0.185. The third-order valence-corrected chi connectivity index (χ3v) is 3.65. The van der Waals surface area contributed by atoms with E-state index < -0.39 is 0 Å². The average Bonchev–Trinajstić information content (AvgIpc) is 2.42. The van der Waals surface area contributed by atoms with Crippen molar-refractivity contribution in [2.45, 2.75) is 33.4 Å². The molecule has 0 amide bonds. The molecule has 20 heavy (non-hydrogen) atoms. The molecule has 0 radical (unpaired) electrons. The molecule has 0 aliphatic rings. The van der Waals surface area contributed by atoms with Crippen molar-refractivity contribution in [1.82, 2.24) is 0 Å². The molecule has 0 aromatic heterocycles. The topological polar surface area (TPSA) is 21.3 Å². The predicted molar refractivity (Wildman–Crippen MR) is 85.1 cm³/mol. The van der Waals surface area contributed by atoms with Crippen molar-refractivity contribution < 1.29 is 4.74 Å². The van der Waals surface area contributed by atoms with Crippen LogP contribution in [0, 0.1) is 13.8 Å². The van der Waals surface area contributed by atoms with Gasteiger partial charge in [-0.15, -0.1) is 0 Å². The highest BCUT2D eigenvalue weighted by Crippen LogP contribution is 2.22. The predicted octanol–water partition coefficient (Wildman–Crippen LogP) is 4.62. The molecule has 1 atom stereocenters. The number of rotatable bonds is 5. The normalized spacial score (nSPS) is 12.2. The first kappa shape index (κ1) is 14.6. The summed E-state index contributed by atoms with van der Waals surface area (Å²) in [7, 11) is 1.72. The summed E-state index contributed by atoms with van der Waals surface area (Å²) < 4.78 is 5.17. The van der Waals surface area contributed by atoms with Crippen LogP contribution in [0.4, 0.5) is 5.69 Å². The summed E-state index contributed by atoms with van der Waals surface area (Å²) >= 11 is 0. The van der Waals surface area contributed by atoms with E-state index in [9.17, 15) is 0 Å². The quantitative estimate of drug-likeness (QED) is 0.855. The highest BCUT2D eigenvalue weighted by molar-refractivity contribution is 5.48. The second kappa shape index (κ2) is 6.58. The zero-order chi connectivity index (χ0) is 14.5. The Labute approximate surface area is 121 Å². The van der Waals surface area contributed by atoms with Crippen molar-refractivity contribution in [1.29, 1.82) is 0 Å². The van der Waals surface area contributed by atoms with Gasteiger partial charge in [0.1, 0.15) is 0 Å². The fourth-order valence-corrected chi connectivity index (χ4v) is 2.28. The molecule has 1 unspecified atom stereocenters. The monoisotopic (exact) mass is 269 g/mol. The second-order valence-electron chi connectivity index (χ2n) is 5.34. The Kier molecular flexibility index (Phi) is 4.80. The number of benzene rings is 2. The van der Waals surface area contributed by atoms with Gasteiger partial charge in [0.05, 0.1) is 6.61 Å². The van der Waals surface area contributed by atoms with Gasteiger partial charge in [0.2, 0.25) is 0 Å². The Morgan fingerprint density at radius 3 is 2.55 bits per heavy atom. The summed E-state index contributed by atoms with van der Waals surface area (Å²) in [4.78, 5) is 0. The number of anilines is 1. The third-order valence-electron chi connectivity index (χ3n) is 3.65. The standard InChI is InChI=1S/C18H23NO/c1-13-8-9-17(10-14(13)2)15(3)19-18-7-5-6-16(11-18)12-20-4/h5-11,15,19H,12H2,1-4H3. The van der Waals surface area contributed by atoms with Crippen molar-refractivity contribution >= 4 is 5.69 Å². The van der Waals surface area contributed by atoms with E-state index in [4.69, 9.17) is 4.74 Å². The van der Waals surface area contributed by atoms with Crippen LogP contribution < -0.4 is 5.32 Å². The van der Waals surface area contributed by atoms with Gasteiger partial charge < -0.3 is 10.1 Å². The molecule has 2 aromatic rings. The van der Waals surface area contributed by atoms with Crippen LogP contribution in [-0.4, -0.2) is 7.11 Å². The minimum absolute atomic E-state index is 0.284. The summed E-state index contributed by atoms with van der Waals surface area (Å²) in [6.45, 7) is 7.14. The van der Waals surface area contributed by atoms with Gasteiger partial charge in [-0.1, -0.05) is 30.3 Å². The first-order chi connectivity index (χ1) is 9.60. The number of hydrogen-bond acceptors (Lipinski definition) is 2. The van der Waals surface area contributed by atoms with E-state index in [1.165, 1.54) is 22.3 Å². The highest BCUT2D eigenvalue weighted by atomic mass is 16.5. The Balaban J connectivity index is 2.12. The smallest absolute Gasteiger partial charge is 0.0713 e. The van der Waals surface area contributed by atoms with E-state index in [-0.39, 0.29) is 6.04 Å². The zero-order valence-corrected chi connectivity index (χ0v) is 12.7. The fourth-order valence-electron chi connectivity index (χ4n) is 2.28. The average molecular weight is 269 g/mol. The molecule has 2 rings (SSSR count). The Morgan fingerprint density at radius 1 is 1.05 bits per heavy atom. The molecule has 1 N–H and O–H groups in total. The number of aryl methyl sites for hydroxylation is 2. The lowest BCUT2D eigenvalue weighted by Gasteiger charge is -2.17. The van der Waals surface area contributed by atoms with Crippen molar-refractivity contribution in [2.75, 3.05) is 12.4 Å². The van der Waals surface area contributed by atoms with Crippen molar-refractivity contribution in [3.05, 3.63) is 64.7 Å². The fraction of sp³-hybridized carbons (Fsp3) is 0.333. The summed E-state index contributed by atoms with van der Waals surface area (Å²) in [6, 6.07) is 15.3. The van der Waals surface area contributed by atoms with E-state index in [1.54, 1.807) is 7.11 Å². The molecule has 0 aliphatic heterocycles. The molecule has 0 fully saturated rings. The van der Waals surface area contributed by atoms with Gasteiger partial charge in [0, 0.05) is 18.8 Å². The van der Waals surface area contributed by atoms with E-state index in [0.29, 0.717) is 6.61 Å². The maximum atomic E-state index is 5.17. The molecule has 2 nitrogen and oxygen atoms in total. The number of hydrogen-bond donors (Lipinski definition) is 1. The molecular weight excluding hydrogens is 246 g/mol. The number of nitrogens with one attached hydrogen (secondary N) is 1. The second-order valence-corrected chi connectivity index (χ2v) is 5.34. The molecule has 2 aromatic carbocycles. The largest absolute Gasteiger partial charge is 0.380 e. The van der Waals surface area contributed by atoms with Gasteiger partial charge in [0.25, 0.3) is 0 Å². The minimum Gasteiger partial charge on any atom is -0.380 e. The number of ether oxygens (including phenoxy) is 1. The van der Waals surface area contributed by atoms with Crippen molar-refractivity contribution in [3.63, 3.8) is 0 Å². The molecule has 0 bridgehead atoms. The van der Waals surface area contributed by atoms with Crippen LogP contribution in [-0.2, 0) is 11.3 Å². The summed E-state index contributed by atoms with van der Waals surface area (Å²) in [5.74, 6) is 0. The van der Waals surface area contributed by atoms with Crippen LogP contribution >= 0.6 is 0 Å². The Morgan fingerprint density at radius 2 is 1.85 bits per heavy atom. The first-order valence-corrected chi connectivity index (χ1v) is 7.01. The maximum absolute atomic E-state index is 5.17. The van der Waals surface area contributed by atoms with Crippen LogP contribution in [0.2, 0.25) is 0 Å². The highest BCUT2D eigenvalue weighted by Gasteiger charge is 2.06. The maximum Gasteiger partial charge on any atom is 0.0713 e. The molecule has 0 saturated heterocycles. The molecule has 0 saturated carbocycles. The molecule has 2 heteroatoms. The molecule has 0 heterocycles. The van der Waals surface area contributed by atoms with Crippen molar-refractivity contribution in [2.24, 2.45) is 0 Å². The third kappa shape index (κ3) is 3.61. The summed E-state index contributed by atoms with van der Waals surface area (Å²) in [5.41, 5.74) is 6.30. The minimum atomic E-state index is 0.284. The number of methoxy groups -OCH3 is 1. The lowest BCUT2D eigenvalue weighted by Crippen LogP contribution is -2.07. The first-order valence-electron chi connectivity index (χ1n) is 7.01. The summed E-state index contributed by atoms with van der Waals surface area (Å²) in [6.07, 6.45) is 0. The van der Waals surface area contributed by atoms with E-state index in [1.807, 2.05) is 0 Å². The zero-order valence-electron chi connectivity index (χ0n) is 12.7. The van der Waals surface area contributed by atoms with Gasteiger partial charge in [0.15, 0.2) is 0 Å². The molecule has 0 aliphatic carbocycles. The Bertz CT molecular complexity index is 577. The van der Waals surface area contributed by atoms with Gasteiger partial charge in [-0.25, -0.2) is 0 Å². The van der Waals surface area contributed by atoms with E-state index in [2.05, 4.69) is 68.6 Å². The van der Waals surface area contributed by atoms with Crippen LogP contribution in [0.5, 0.6) is 0 Å². The van der Waals surface area contributed by atoms with E-state index >= 15 is 0 Å². The van der Waals surface area contributed by atoms with Gasteiger partial charge in [-0.3, -0.25) is 0 Å². The van der Waals surface area contributed by atoms with Crippen LogP contribution in [0.1, 0.15) is 35.2 Å². The molecule has 106 valence electrons. The van der Waals surface area contributed by atoms with Gasteiger partial charge >= 0.3 is 0 Å².